The summed E-state index contributed by atoms with van der Waals surface area (Å²) >= 11 is 0. The highest BCUT2D eigenvalue weighted by atomic mass is 16.5. The zero-order chi connectivity index (χ0) is 22.7. The Balaban J connectivity index is 1.91. The van der Waals surface area contributed by atoms with Crippen LogP contribution in [-0.4, -0.2) is 10.7 Å². The number of hydrogen-bond acceptors (Lipinski definition) is 2. The number of rotatable bonds is 10. The smallest absolute Gasteiger partial charge is 0.126 e. The number of phenolic OH excluding ortho intramolecular Hbond substituents is 1. The molecular weight excluding hydrogens is 368 g/mol. The number of hydrogen-bond donors (Lipinski definition) is 1. The van der Waals surface area contributed by atoms with Crippen molar-refractivity contribution in [1.82, 2.24) is 0 Å². The van der Waals surface area contributed by atoms with Gasteiger partial charge in [-0.25, -0.2) is 0 Å². The van der Waals surface area contributed by atoms with E-state index in [1.807, 2.05) is 19.1 Å². The van der Waals surface area contributed by atoms with Gasteiger partial charge in [0.15, 0.2) is 0 Å². The van der Waals surface area contributed by atoms with E-state index < -0.39 is 0 Å². The van der Waals surface area contributed by atoms with E-state index >= 15 is 0 Å². The van der Waals surface area contributed by atoms with Gasteiger partial charge in [0.1, 0.15) is 17.1 Å². The molecule has 0 fully saturated rings. The molecule has 0 amide bonds. The Kier molecular flexibility index (Phi) is 7.97. The van der Waals surface area contributed by atoms with Gasteiger partial charge in [-0.3, -0.25) is 0 Å². The number of aromatic hydroxyl groups is 1. The molecule has 1 N–H and O–H groups in total. The summed E-state index contributed by atoms with van der Waals surface area (Å²) in [6, 6.07) is 3.69. The van der Waals surface area contributed by atoms with Gasteiger partial charge in [0.05, 0.1) is 0 Å². The number of benzene rings is 1. The van der Waals surface area contributed by atoms with E-state index in [-0.39, 0.29) is 11.0 Å². The Hall–Kier alpha value is -1.18. The molecule has 1 aliphatic heterocycles. The Morgan fingerprint density at radius 3 is 2.30 bits per heavy atom. The number of phenols is 1. The third-order valence-electron chi connectivity index (χ3n) is 7.07. The van der Waals surface area contributed by atoms with Gasteiger partial charge in [-0.2, -0.15) is 0 Å². The lowest BCUT2D eigenvalue weighted by Gasteiger charge is -2.42. The van der Waals surface area contributed by atoms with Crippen LogP contribution in [0.5, 0.6) is 11.5 Å². The molecule has 0 unspecified atom stereocenters. The van der Waals surface area contributed by atoms with Crippen molar-refractivity contribution in [2.75, 3.05) is 0 Å². The van der Waals surface area contributed by atoms with Gasteiger partial charge >= 0.3 is 0 Å². The van der Waals surface area contributed by atoms with E-state index in [4.69, 9.17) is 4.74 Å². The predicted molar refractivity (Wildman–Crippen MR) is 129 cm³/mol. The molecule has 0 saturated carbocycles. The molecule has 1 aliphatic rings. The van der Waals surface area contributed by atoms with Crippen molar-refractivity contribution in [3.63, 3.8) is 0 Å². The molecule has 1 aromatic carbocycles. The quantitative estimate of drug-likeness (QED) is 0.414. The van der Waals surface area contributed by atoms with Gasteiger partial charge in [-0.05, 0) is 98.3 Å². The van der Waals surface area contributed by atoms with E-state index in [1.54, 1.807) is 0 Å². The molecule has 30 heavy (non-hydrogen) atoms. The van der Waals surface area contributed by atoms with Crippen LogP contribution in [0.2, 0.25) is 0 Å². The van der Waals surface area contributed by atoms with Crippen molar-refractivity contribution < 1.29 is 9.84 Å². The number of fused-ring (bicyclic) bond motifs is 1. The van der Waals surface area contributed by atoms with E-state index in [1.165, 1.54) is 32.1 Å². The zero-order valence-corrected chi connectivity index (χ0v) is 21.3. The summed E-state index contributed by atoms with van der Waals surface area (Å²) in [6.07, 6.45) is 9.59. The molecule has 0 spiro atoms. The third kappa shape index (κ3) is 7.50. The first-order valence-corrected chi connectivity index (χ1v) is 12.2. The van der Waals surface area contributed by atoms with Crippen LogP contribution in [0.4, 0.5) is 0 Å². The molecule has 1 aromatic rings. The van der Waals surface area contributed by atoms with Crippen LogP contribution in [-0.2, 0) is 6.42 Å². The summed E-state index contributed by atoms with van der Waals surface area (Å²) in [6.45, 7) is 21.2. The van der Waals surface area contributed by atoms with E-state index in [0.29, 0.717) is 11.2 Å². The van der Waals surface area contributed by atoms with Crippen molar-refractivity contribution in [3.8, 4) is 11.5 Å². The monoisotopic (exact) mass is 416 g/mol. The van der Waals surface area contributed by atoms with Gasteiger partial charge in [0.25, 0.3) is 0 Å². The molecular formula is C28H48O2. The Labute approximate surface area is 186 Å². The molecule has 0 aromatic heterocycles. The molecule has 0 aliphatic carbocycles. The molecule has 2 nitrogen and oxygen atoms in total. The molecule has 1 heterocycles. The van der Waals surface area contributed by atoms with Crippen LogP contribution in [0.1, 0.15) is 111 Å². The van der Waals surface area contributed by atoms with Crippen molar-refractivity contribution in [2.24, 2.45) is 22.7 Å². The minimum atomic E-state index is -0.127. The first kappa shape index (κ1) is 25.1. The molecule has 2 rings (SSSR count). The van der Waals surface area contributed by atoms with Gasteiger partial charge in [0, 0.05) is 0 Å². The van der Waals surface area contributed by atoms with Gasteiger partial charge < -0.3 is 9.84 Å². The lowest BCUT2D eigenvalue weighted by Crippen LogP contribution is -2.41. The Morgan fingerprint density at radius 2 is 1.67 bits per heavy atom. The van der Waals surface area contributed by atoms with E-state index in [2.05, 4.69) is 55.4 Å². The standard InChI is InChI=1S/C28H48O2/c1-20(2)10-13-26(5,6)18-21(3)11-14-27(7,8)19-28(9)15-12-23-17-24(29)16-22(4)25(23)30-28/h16-17,20-21,29H,10-15,18-19H2,1-9H3/t21-,28-/m0/s1. The van der Waals surface area contributed by atoms with E-state index in [9.17, 15) is 5.11 Å². The molecule has 0 radical (unpaired) electrons. The maximum atomic E-state index is 9.89. The fraction of sp³-hybridized carbons (Fsp3) is 0.786. The van der Waals surface area contributed by atoms with Crippen molar-refractivity contribution in [3.05, 3.63) is 23.3 Å². The minimum Gasteiger partial charge on any atom is -0.508 e. The van der Waals surface area contributed by atoms with Crippen LogP contribution in [0.15, 0.2) is 12.1 Å². The summed E-state index contributed by atoms with van der Waals surface area (Å²) in [7, 11) is 0. The summed E-state index contributed by atoms with van der Waals surface area (Å²) in [5, 5.41) is 9.89. The molecule has 2 atom stereocenters. The maximum Gasteiger partial charge on any atom is 0.126 e. The molecule has 0 saturated heterocycles. The normalized spacial score (nSPS) is 20.7. The molecule has 0 bridgehead atoms. The Morgan fingerprint density at radius 1 is 1.03 bits per heavy atom. The van der Waals surface area contributed by atoms with Crippen molar-refractivity contribution in [2.45, 2.75) is 119 Å². The summed E-state index contributed by atoms with van der Waals surface area (Å²) in [4.78, 5) is 0. The van der Waals surface area contributed by atoms with E-state index in [0.717, 1.165) is 48.0 Å². The largest absolute Gasteiger partial charge is 0.508 e. The van der Waals surface area contributed by atoms with Crippen molar-refractivity contribution >= 4 is 0 Å². The molecule has 172 valence electrons. The molecule has 2 heteroatoms. The van der Waals surface area contributed by atoms with Crippen LogP contribution in [0.3, 0.4) is 0 Å². The van der Waals surface area contributed by atoms with Gasteiger partial charge in [-0.1, -0.05) is 61.3 Å². The van der Waals surface area contributed by atoms with Gasteiger partial charge in [-0.15, -0.1) is 0 Å². The first-order chi connectivity index (χ1) is 13.7. The zero-order valence-electron chi connectivity index (χ0n) is 21.3. The minimum absolute atomic E-state index is 0.127. The maximum absolute atomic E-state index is 9.89. The second-order valence-corrected chi connectivity index (χ2v) is 12.6. The first-order valence-electron chi connectivity index (χ1n) is 12.2. The second kappa shape index (κ2) is 9.53. The topological polar surface area (TPSA) is 29.5 Å². The van der Waals surface area contributed by atoms with Crippen molar-refractivity contribution in [1.29, 1.82) is 0 Å². The van der Waals surface area contributed by atoms with Crippen LogP contribution < -0.4 is 4.74 Å². The van der Waals surface area contributed by atoms with Crippen LogP contribution in [0.25, 0.3) is 0 Å². The highest BCUT2D eigenvalue weighted by molar-refractivity contribution is 5.47. The summed E-state index contributed by atoms with van der Waals surface area (Å²) in [5.41, 5.74) is 2.77. The third-order valence-corrected chi connectivity index (χ3v) is 7.07. The average Bonchev–Trinajstić information content (AvgIpc) is 2.58. The highest BCUT2D eigenvalue weighted by Gasteiger charge is 2.38. The Bertz CT molecular complexity index is 701. The SMILES string of the molecule is Cc1cc(O)cc2c1O[C@](C)(CC(C)(C)CC[C@H](C)CC(C)(C)CCC(C)C)CC2. The number of aryl methyl sites for hydroxylation is 2. The fourth-order valence-electron chi connectivity index (χ4n) is 5.54. The lowest BCUT2D eigenvalue weighted by atomic mass is 9.72. The lowest BCUT2D eigenvalue weighted by molar-refractivity contribution is 0.0153. The second-order valence-electron chi connectivity index (χ2n) is 12.6. The predicted octanol–water partition coefficient (Wildman–Crippen LogP) is 8.47. The fourth-order valence-corrected chi connectivity index (χ4v) is 5.54. The van der Waals surface area contributed by atoms with Crippen LogP contribution >= 0.6 is 0 Å². The van der Waals surface area contributed by atoms with Gasteiger partial charge in [0.2, 0.25) is 0 Å². The number of ether oxygens (including phenoxy) is 1. The average molecular weight is 417 g/mol. The van der Waals surface area contributed by atoms with Crippen LogP contribution in [0, 0.1) is 29.6 Å². The summed E-state index contributed by atoms with van der Waals surface area (Å²) < 4.78 is 6.57. The summed E-state index contributed by atoms with van der Waals surface area (Å²) in [5.74, 6) is 2.91. The highest BCUT2D eigenvalue weighted by Crippen LogP contribution is 2.44.